The zero-order chi connectivity index (χ0) is 18.6. The normalized spacial score (nSPS) is 14.9. The molecule has 1 aliphatic rings. The third-order valence-electron chi connectivity index (χ3n) is 5.01. The largest absolute Gasteiger partial charge is 0.322 e. The molecule has 0 spiro atoms. The highest BCUT2D eigenvalue weighted by atomic mass is 16.1. The summed E-state index contributed by atoms with van der Waals surface area (Å²) in [6, 6.07) is 11.9. The third-order valence-corrected chi connectivity index (χ3v) is 5.01. The van der Waals surface area contributed by atoms with E-state index in [2.05, 4.69) is 32.8 Å². The minimum atomic E-state index is -0.162. The third kappa shape index (κ3) is 3.90. The number of carbonyl (C=O) groups excluding carboxylic acids is 1. The number of nitrogens with zero attached hydrogens (tertiary/aromatic N) is 3. The van der Waals surface area contributed by atoms with E-state index < -0.39 is 0 Å². The first-order valence-corrected chi connectivity index (χ1v) is 9.27. The number of pyridine rings is 1. The Balaban J connectivity index is 1.51. The Hall–Kier alpha value is -2.99. The van der Waals surface area contributed by atoms with E-state index in [1.165, 1.54) is 5.56 Å². The van der Waals surface area contributed by atoms with E-state index in [1.807, 2.05) is 31.3 Å². The van der Waals surface area contributed by atoms with Gasteiger partial charge in [-0.15, -0.1) is 0 Å². The Kier molecular flexibility index (Phi) is 4.98. The van der Waals surface area contributed by atoms with Crippen LogP contribution >= 0.6 is 0 Å². The van der Waals surface area contributed by atoms with Gasteiger partial charge in [0.25, 0.3) is 5.91 Å². The van der Waals surface area contributed by atoms with Crippen LogP contribution in [0, 0.1) is 0 Å². The molecule has 3 heterocycles. The maximum atomic E-state index is 12.8. The van der Waals surface area contributed by atoms with Crippen molar-refractivity contribution in [2.75, 3.05) is 18.4 Å². The summed E-state index contributed by atoms with van der Waals surface area (Å²) in [5.41, 5.74) is 4.21. The summed E-state index contributed by atoms with van der Waals surface area (Å²) in [7, 11) is 1.81. The van der Waals surface area contributed by atoms with Crippen LogP contribution in [0.3, 0.4) is 0 Å². The number of amides is 1. The highest BCUT2D eigenvalue weighted by Gasteiger charge is 2.18. The van der Waals surface area contributed by atoms with Crippen molar-refractivity contribution in [2.24, 2.45) is 7.05 Å². The molecule has 6 heteroatoms. The molecule has 1 saturated heterocycles. The lowest BCUT2D eigenvalue weighted by molar-refractivity contribution is 0.102. The van der Waals surface area contributed by atoms with Crippen LogP contribution in [0.2, 0.25) is 0 Å². The number of nitrogens with one attached hydrogen (secondary N) is 2. The number of aromatic nitrogens is 3. The SMILES string of the molecule is Cn1cc(C(=O)Nc2ccc(C3CCNCC3)cc2)c(-c2ccncc2)n1. The van der Waals surface area contributed by atoms with Gasteiger partial charge in [0.1, 0.15) is 5.69 Å². The average Bonchev–Trinajstić information content (AvgIpc) is 3.12. The molecule has 1 amide bonds. The molecule has 6 nitrogen and oxygen atoms in total. The van der Waals surface area contributed by atoms with Gasteiger partial charge >= 0.3 is 0 Å². The topological polar surface area (TPSA) is 71.8 Å². The Morgan fingerprint density at radius 3 is 2.52 bits per heavy atom. The summed E-state index contributed by atoms with van der Waals surface area (Å²) in [5, 5.41) is 10.8. The van der Waals surface area contributed by atoms with Gasteiger partial charge in [-0.25, -0.2) is 0 Å². The molecule has 0 unspecified atom stereocenters. The van der Waals surface area contributed by atoms with Gasteiger partial charge in [0.15, 0.2) is 0 Å². The maximum absolute atomic E-state index is 12.8. The van der Waals surface area contributed by atoms with Crippen LogP contribution in [0.15, 0.2) is 55.0 Å². The van der Waals surface area contributed by atoms with Crippen molar-refractivity contribution in [3.63, 3.8) is 0 Å². The van der Waals surface area contributed by atoms with Gasteiger partial charge in [-0.1, -0.05) is 12.1 Å². The molecule has 1 fully saturated rings. The predicted molar refractivity (Wildman–Crippen MR) is 106 cm³/mol. The zero-order valence-electron chi connectivity index (χ0n) is 15.4. The molecular weight excluding hydrogens is 338 g/mol. The number of carbonyl (C=O) groups is 1. The van der Waals surface area contributed by atoms with Gasteiger partial charge in [0.05, 0.1) is 5.56 Å². The molecule has 4 rings (SSSR count). The summed E-state index contributed by atoms with van der Waals surface area (Å²) in [6.45, 7) is 2.14. The molecule has 0 radical (unpaired) electrons. The van der Waals surface area contributed by atoms with Crippen LogP contribution in [0.5, 0.6) is 0 Å². The van der Waals surface area contributed by atoms with Crippen molar-refractivity contribution < 1.29 is 4.79 Å². The van der Waals surface area contributed by atoms with E-state index in [0.29, 0.717) is 17.2 Å². The van der Waals surface area contributed by atoms with E-state index >= 15 is 0 Å². The van der Waals surface area contributed by atoms with E-state index in [-0.39, 0.29) is 5.91 Å². The lowest BCUT2D eigenvalue weighted by Gasteiger charge is -2.23. The number of hydrogen-bond acceptors (Lipinski definition) is 4. The number of rotatable bonds is 4. The van der Waals surface area contributed by atoms with Gasteiger partial charge in [-0.3, -0.25) is 14.5 Å². The van der Waals surface area contributed by atoms with Crippen molar-refractivity contribution in [1.82, 2.24) is 20.1 Å². The highest BCUT2D eigenvalue weighted by molar-refractivity contribution is 6.08. The first-order chi connectivity index (χ1) is 13.2. The van der Waals surface area contributed by atoms with Crippen LogP contribution in [0.4, 0.5) is 5.69 Å². The second-order valence-corrected chi connectivity index (χ2v) is 6.90. The number of anilines is 1. The molecule has 2 N–H and O–H groups in total. The standard InChI is InChI=1S/C21H23N5O/c1-26-14-19(20(25-26)17-8-12-23-13-9-17)21(27)24-18-4-2-15(3-5-18)16-6-10-22-11-7-16/h2-5,8-9,12-14,16,22H,6-7,10-11H2,1H3,(H,24,27). The van der Waals surface area contributed by atoms with Gasteiger partial charge < -0.3 is 10.6 Å². The lowest BCUT2D eigenvalue weighted by atomic mass is 9.90. The molecule has 0 aliphatic carbocycles. The number of piperidine rings is 1. The fraction of sp³-hybridized carbons (Fsp3) is 0.286. The van der Waals surface area contributed by atoms with Gasteiger partial charge in [0.2, 0.25) is 0 Å². The predicted octanol–water partition coefficient (Wildman–Crippen LogP) is 3.20. The van der Waals surface area contributed by atoms with Gasteiger partial charge in [0, 0.05) is 36.9 Å². The minimum absolute atomic E-state index is 0.162. The van der Waals surface area contributed by atoms with Crippen molar-refractivity contribution in [1.29, 1.82) is 0 Å². The summed E-state index contributed by atoms with van der Waals surface area (Å²) in [4.78, 5) is 16.8. The van der Waals surface area contributed by atoms with Crippen molar-refractivity contribution >= 4 is 11.6 Å². The Labute approximate surface area is 158 Å². The second kappa shape index (κ2) is 7.72. The van der Waals surface area contributed by atoms with E-state index in [1.54, 1.807) is 23.3 Å². The Morgan fingerprint density at radius 2 is 1.81 bits per heavy atom. The van der Waals surface area contributed by atoms with Gasteiger partial charge in [-0.05, 0) is 61.7 Å². The van der Waals surface area contributed by atoms with Crippen LogP contribution in [-0.2, 0) is 7.05 Å². The summed E-state index contributed by atoms with van der Waals surface area (Å²) >= 11 is 0. The minimum Gasteiger partial charge on any atom is -0.322 e. The van der Waals surface area contributed by atoms with Crippen molar-refractivity contribution in [3.05, 3.63) is 66.1 Å². The lowest BCUT2D eigenvalue weighted by Crippen LogP contribution is -2.26. The maximum Gasteiger partial charge on any atom is 0.259 e. The summed E-state index contributed by atoms with van der Waals surface area (Å²) in [6.07, 6.45) is 7.47. The molecule has 2 aromatic heterocycles. The van der Waals surface area contributed by atoms with E-state index in [0.717, 1.165) is 37.2 Å². The monoisotopic (exact) mass is 361 g/mol. The molecule has 0 atom stereocenters. The summed E-state index contributed by atoms with van der Waals surface area (Å²) < 4.78 is 1.66. The zero-order valence-corrected chi connectivity index (χ0v) is 15.4. The number of hydrogen-bond donors (Lipinski definition) is 2. The summed E-state index contributed by atoms with van der Waals surface area (Å²) in [5.74, 6) is 0.442. The fourth-order valence-electron chi connectivity index (χ4n) is 3.57. The first kappa shape index (κ1) is 17.4. The highest BCUT2D eigenvalue weighted by Crippen LogP contribution is 2.27. The fourth-order valence-corrected chi connectivity index (χ4v) is 3.57. The molecule has 1 aromatic carbocycles. The Morgan fingerprint density at radius 1 is 1.11 bits per heavy atom. The van der Waals surface area contributed by atoms with E-state index in [4.69, 9.17) is 0 Å². The molecule has 27 heavy (non-hydrogen) atoms. The van der Waals surface area contributed by atoms with Crippen LogP contribution in [-0.4, -0.2) is 33.8 Å². The second-order valence-electron chi connectivity index (χ2n) is 6.90. The first-order valence-electron chi connectivity index (χ1n) is 9.27. The molecule has 0 bridgehead atoms. The van der Waals surface area contributed by atoms with Crippen molar-refractivity contribution in [3.8, 4) is 11.3 Å². The van der Waals surface area contributed by atoms with Crippen LogP contribution in [0.25, 0.3) is 11.3 Å². The average molecular weight is 361 g/mol. The van der Waals surface area contributed by atoms with Gasteiger partial charge in [-0.2, -0.15) is 5.10 Å². The number of benzene rings is 1. The molecule has 1 aliphatic heterocycles. The van der Waals surface area contributed by atoms with Crippen LogP contribution in [0.1, 0.15) is 34.7 Å². The Bertz CT molecular complexity index is 912. The quantitative estimate of drug-likeness (QED) is 0.749. The van der Waals surface area contributed by atoms with E-state index in [9.17, 15) is 4.79 Å². The van der Waals surface area contributed by atoms with Crippen LogP contribution < -0.4 is 10.6 Å². The molecule has 138 valence electrons. The molecular formula is C21H23N5O. The van der Waals surface area contributed by atoms with Crippen molar-refractivity contribution in [2.45, 2.75) is 18.8 Å². The smallest absolute Gasteiger partial charge is 0.259 e. The molecule has 3 aromatic rings. The number of aryl methyl sites for hydroxylation is 1. The molecule has 0 saturated carbocycles.